The van der Waals surface area contributed by atoms with Gasteiger partial charge in [0.25, 0.3) is 0 Å². The molecule has 0 aliphatic carbocycles. The zero-order valence-electron chi connectivity index (χ0n) is 16.1. The second kappa shape index (κ2) is 8.46. The molecule has 0 unspecified atom stereocenters. The van der Waals surface area contributed by atoms with Gasteiger partial charge in [0.1, 0.15) is 6.33 Å². The lowest BCUT2D eigenvalue weighted by molar-refractivity contribution is 0.0472. The van der Waals surface area contributed by atoms with Crippen LogP contribution in [0.5, 0.6) is 0 Å². The molecule has 150 valence electrons. The maximum atomic E-state index is 12.6. The molecule has 0 spiro atoms. The Hall–Kier alpha value is -3.82. The van der Waals surface area contributed by atoms with Gasteiger partial charge in [-0.25, -0.2) is 14.3 Å². The van der Waals surface area contributed by atoms with Crippen LogP contribution < -0.4 is 0 Å². The lowest BCUT2D eigenvalue weighted by atomic mass is 10.1. The summed E-state index contributed by atoms with van der Waals surface area (Å²) in [6.45, 7) is 4.71. The van der Waals surface area contributed by atoms with Crippen LogP contribution in [0.4, 0.5) is 0 Å². The average molecular weight is 397 g/mol. The van der Waals surface area contributed by atoms with E-state index in [1.807, 2.05) is 0 Å². The standard InChI is InChI=1S/C19H19N5O5/c1-4-28-19(27)17-12(3)21-11(2)16(17)15(25)9-29-18(26)13-5-7-14(8-6-13)24-10-20-22-23-24/h5-8,10,21H,4,9H2,1-3H3. The zero-order valence-corrected chi connectivity index (χ0v) is 16.1. The molecule has 2 aromatic heterocycles. The number of aromatic nitrogens is 5. The number of ether oxygens (including phenoxy) is 2. The van der Waals surface area contributed by atoms with Crippen molar-refractivity contribution in [1.82, 2.24) is 25.2 Å². The first-order valence-electron chi connectivity index (χ1n) is 8.82. The van der Waals surface area contributed by atoms with Crippen molar-refractivity contribution >= 4 is 17.7 Å². The molecule has 29 heavy (non-hydrogen) atoms. The molecule has 0 atom stereocenters. The molecule has 0 saturated heterocycles. The number of esters is 2. The zero-order chi connectivity index (χ0) is 21.0. The number of hydrogen-bond acceptors (Lipinski definition) is 8. The van der Waals surface area contributed by atoms with Crippen LogP contribution in [0.1, 0.15) is 49.4 Å². The number of carbonyl (C=O) groups excluding carboxylic acids is 3. The highest BCUT2D eigenvalue weighted by Crippen LogP contribution is 2.20. The Labute approximate surface area is 165 Å². The van der Waals surface area contributed by atoms with E-state index in [2.05, 4.69) is 20.5 Å². The van der Waals surface area contributed by atoms with Gasteiger partial charge in [-0.3, -0.25) is 4.79 Å². The molecule has 0 saturated carbocycles. The van der Waals surface area contributed by atoms with Gasteiger partial charge in [0.15, 0.2) is 6.61 Å². The Kier molecular flexibility index (Phi) is 5.82. The fourth-order valence-corrected chi connectivity index (χ4v) is 2.90. The first-order valence-corrected chi connectivity index (χ1v) is 8.82. The van der Waals surface area contributed by atoms with Crippen molar-refractivity contribution in [3.63, 3.8) is 0 Å². The summed E-state index contributed by atoms with van der Waals surface area (Å²) in [5.41, 5.74) is 2.30. The Bertz CT molecular complexity index is 1040. The highest BCUT2D eigenvalue weighted by Gasteiger charge is 2.26. The Morgan fingerprint density at radius 1 is 1.00 bits per heavy atom. The summed E-state index contributed by atoms with van der Waals surface area (Å²) in [5.74, 6) is -1.75. The summed E-state index contributed by atoms with van der Waals surface area (Å²) >= 11 is 0. The number of hydrogen-bond donors (Lipinski definition) is 1. The molecule has 3 aromatic rings. The molecule has 1 aromatic carbocycles. The summed E-state index contributed by atoms with van der Waals surface area (Å²) in [7, 11) is 0. The van der Waals surface area contributed by atoms with E-state index in [-0.39, 0.29) is 23.3 Å². The maximum absolute atomic E-state index is 12.6. The summed E-state index contributed by atoms with van der Waals surface area (Å²) in [6, 6.07) is 6.37. The molecule has 0 amide bonds. The van der Waals surface area contributed by atoms with Crippen molar-refractivity contribution in [1.29, 1.82) is 0 Å². The van der Waals surface area contributed by atoms with E-state index in [1.54, 1.807) is 45.0 Å². The summed E-state index contributed by atoms with van der Waals surface area (Å²) in [5, 5.41) is 10.8. The molecule has 0 fully saturated rings. The molecule has 10 heteroatoms. The number of ketones is 1. The Morgan fingerprint density at radius 3 is 2.31 bits per heavy atom. The van der Waals surface area contributed by atoms with Gasteiger partial charge in [-0.15, -0.1) is 5.10 Å². The molecule has 2 heterocycles. The van der Waals surface area contributed by atoms with Crippen molar-refractivity contribution in [2.24, 2.45) is 0 Å². The quantitative estimate of drug-likeness (QED) is 0.472. The number of benzene rings is 1. The van der Waals surface area contributed by atoms with Crippen LogP contribution in [0.3, 0.4) is 0 Å². The third kappa shape index (κ3) is 4.21. The minimum Gasteiger partial charge on any atom is -0.462 e. The molecule has 0 aliphatic heterocycles. The number of rotatable bonds is 7. The number of aromatic amines is 1. The monoisotopic (exact) mass is 397 g/mol. The second-order valence-electron chi connectivity index (χ2n) is 6.15. The van der Waals surface area contributed by atoms with Gasteiger partial charge in [-0.1, -0.05) is 0 Å². The van der Waals surface area contributed by atoms with E-state index < -0.39 is 24.3 Å². The van der Waals surface area contributed by atoms with E-state index in [9.17, 15) is 14.4 Å². The molecular weight excluding hydrogens is 378 g/mol. The predicted molar refractivity (Wildman–Crippen MR) is 100.0 cm³/mol. The SMILES string of the molecule is CCOC(=O)c1c(C)[nH]c(C)c1C(=O)COC(=O)c1ccc(-n2cnnn2)cc1. The van der Waals surface area contributed by atoms with Crippen molar-refractivity contribution in [3.05, 3.63) is 58.7 Å². The Balaban J connectivity index is 1.69. The first kappa shape index (κ1) is 19.9. The van der Waals surface area contributed by atoms with Crippen LogP contribution in [0.15, 0.2) is 30.6 Å². The summed E-state index contributed by atoms with van der Waals surface area (Å²) in [6.07, 6.45) is 1.42. The normalized spacial score (nSPS) is 10.6. The molecule has 0 aliphatic rings. The number of tetrazole rings is 1. The van der Waals surface area contributed by atoms with E-state index >= 15 is 0 Å². The third-order valence-electron chi connectivity index (χ3n) is 4.18. The van der Waals surface area contributed by atoms with Gasteiger partial charge in [0, 0.05) is 11.4 Å². The lowest BCUT2D eigenvalue weighted by Crippen LogP contribution is -2.18. The van der Waals surface area contributed by atoms with Crippen molar-refractivity contribution in [2.75, 3.05) is 13.2 Å². The van der Waals surface area contributed by atoms with Crippen LogP contribution in [-0.2, 0) is 9.47 Å². The fourth-order valence-electron chi connectivity index (χ4n) is 2.90. The highest BCUT2D eigenvalue weighted by molar-refractivity contribution is 6.09. The fraction of sp³-hybridized carbons (Fsp3) is 0.263. The third-order valence-corrected chi connectivity index (χ3v) is 4.18. The van der Waals surface area contributed by atoms with Crippen molar-refractivity contribution in [2.45, 2.75) is 20.8 Å². The number of nitrogens with one attached hydrogen (secondary N) is 1. The number of carbonyl (C=O) groups is 3. The maximum Gasteiger partial charge on any atom is 0.340 e. The molecule has 3 rings (SSSR count). The largest absolute Gasteiger partial charge is 0.462 e. The minimum atomic E-state index is -0.663. The van der Waals surface area contributed by atoms with Gasteiger partial charge in [0.2, 0.25) is 5.78 Å². The van der Waals surface area contributed by atoms with Crippen LogP contribution in [-0.4, -0.2) is 56.1 Å². The van der Waals surface area contributed by atoms with Crippen LogP contribution in [0.2, 0.25) is 0 Å². The van der Waals surface area contributed by atoms with E-state index in [4.69, 9.17) is 9.47 Å². The summed E-state index contributed by atoms with van der Waals surface area (Å²) in [4.78, 5) is 40.0. The molecule has 10 nitrogen and oxygen atoms in total. The van der Waals surface area contributed by atoms with E-state index in [1.165, 1.54) is 11.0 Å². The van der Waals surface area contributed by atoms with Gasteiger partial charge in [-0.05, 0) is 55.5 Å². The highest BCUT2D eigenvalue weighted by atomic mass is 16.5. The molecular formula is C19H19N5O5. The topological polar surface area (TPSA) is 129 Å². The predicted octanol–water partition coefficient (Wildman–Crippen LogP) is 1.82. The van der Waals surface area contributed by atoms with Gasteiger partial charge in [-0.2, -0.15) is 0 Å². The average Bonchev–Trinajstić information content (AvgIpc) is 3.34. The van der Waals surface area contributed by atoms with Gasteiger partial charge in [0.05, 0.1) is 29.0 Å². The van der Waals surface area contributed by atoms with Crippen LogP contribution >= 0.6 is 0 Å². The molecule has 0 bridgehead atoms. The number of H-pyrrole nitrogens is 1. The van der Waals surface area contributed by atoms with Crippen LogP contribution in [0.25, 0.3) is 5.69 Å². The number of Topliss-reactive ketones (excluding diaryl/α,β-unsaturated/α-hetero) is 1. The van der Waals surface area contributed by atoms with Gasteiger partial charge >= 0.3 is 11.9 Å². The lowest BCUT2D eigenvalue weighted by Gasteiger charge is -2.07. The Morgan fingerprint density at radius 2 is 1.69 bits per heavy atom. The van der Waals surface area contributed by atoms with Gasteiger partial charge < -0.3 is 14.5 Å². The van der Waals surface area contributed by atoms with E-state index in [0.717, 1.165) is 0 Å². The number of nitrogens with zero attached hydrogens (tertiary/aromatic N) is 4. The van der Waals surface area contributed by atoms with Crippen LogP contribution in [0, 0.1) is 13.8 Å². The number of aryl methyl sites for hydroxylation is 2. The first-order chi connectivity index (χ1) is 13.9. The second-order valence-corrected chi connectivity index (χ2v) is 6.15. The smallest absolute Gasteiger partial charge is 0.340 e. The van der Waals surface area contributed by atoms with Crippen molar-refractivity contribution in [3.8, 4) is 5.69 Å². The molecule has 0 radical (unpaired) electrons. The van der Waals surface area contributed by atoms with Crippen molar-refractivity contribution < 1.29 is 23.9 Å². The minimum absolute atomic E-state index is 0.163. The van der Waals surface area contributed by atoms with E-state index in [0.29, 0.717) is 17.1 Å². The molecule has 1 N–H and O–H groups in total. The summed E-state index contributed by atoms with van der Waals surface area (Å²) < 4.78 is 11.6.